The molecule has 3 nitrogen and oxygen atoms in total. The number of benzene rings is 1. The van der Waals surface area contributed by atoms with Gasteiger partial charge < -0.3 is 9.47 Å². The molecule has 0 aliphatic heterocycles. The molecule has 0 amide bonds. The van der Waals surface area contributed by atoms with Gasteiger partial charge >= 0.3 is 0 Å². The maximum atomic E-state index is 12.7. The van der Waals surface area contributed by atoms with Crippen molar-refractivity contribution in [3.8, 4) is 11.5 Å². The van der Waals surface area contributed by atoms with Gasteiger partial charge in [-0.1, -0.05) is 13.8 Å². The number of hydrogen-bond donors (Lipinski definition) is 0. The van der Waals surface area contributed by atoms with Crippen LogP contribution in [0.15, 0.2) is 18.2 Å². The predicted molar refractivity (Wildman–Crippen MR) is 84.2 cm³/mol. The smallest absolute Gasteiger partial charge is 0.166 e. The molecular formula is C18H26O3. The lowest BCUT2D eigenvalue weighted by molar-refractivity contribution is 0.0858. The number of ether oxygens (including phenoxy) is 2. The summed E-state index contributed by atoms with van der Waals surface area (Å²) < 4.78 is 10.5. The minimum Gasteiger partial charge on any atom is -0.497 e. The molecule has 21 heavy (non-hydrogen) atoms. The van der Waals surface area contributed by atoms with Crippen LogP contribution in [0.5, 0.6) is 11.5 Å². The molecule has 0 unspecified atom stereocenters. The van der Waals surface area contributed by atoms with Gasteiger partial charge in [-0.25, -0.2) is 0 Å². The Labute approximate surface area is 127 Å². The summed E-state index contributed by atoms with van der Waals surface area (Å²) in [5, 5.41) is 0. The third-order valence-electron chi connectivity index (χ3n) is 4.72. The van der Waals surface area contributed by atoms with E-state index in [-0.39, 0.29) is 11.7 Å². The van der Waals surface area contributed by atoms with Crippen molar-refractivity contribution in [1.82, 2.24) is 0 Å². The quantitative estimate of drug-likeness (QED) is 0.756. The number of hydrogen-bond acceptors (Lipinski definition) is 3. The molecule has 0 heterocycles. The molecule has 1 fully saturated rings. The van der Waals surface area contributed by atoms with E-state index in [2.05, 4.69) is 13.8 Å². The number of methoxy groups -OCH3 is 2. The Bertz CT molecular complexity index is 463. The van der Waals surface area contributed by atoms with Gasteiger partial charge in [-0.2, -0.15) is 0 Å². The maximum Gasteiger partial charge on any atom is 0.166 e. The van der Waals surface area contributed by atoms with E-state index < -0.39 is 0 Å². The van der Waals surface area contributed by atoms with E-state index in [1.807, 2.05) is 12.1 Å². The molecule has 1 aliphatic rings. The Morgan fingerprint density at radius 2 is 1.52 bits per heavy atom. The lowest BCUT2D eigenvalue weighted by atomic mass is 9.75. The average molecular weight is 290 g/mol. The number of rotatable bonds is 5. The number of carbonyl (C=O) groups excluding carboxylic acids is 1. The molecule has 1 aromatic carbocycles. The molecule has 1 aliphatic carbocycles. The third kappa shape index (κ3) is 3.78. The zero-order chi connectivity index (χ0) is 15.4. The molecular weight excluding hydrogens is 264 g/mol. The van der Waals surface area contributed by atoms with E-state index in [0.717, 1.165) is 37.5 Å². The van der Waals surface area contributed by atoms with E-state index in [4.69, 9.17) is 9.47 Å². The SMILES string of the molecule is COc1cc(OC)cc(C(=O)C2CCC(C(C)C)CC2)c1. The van der Waals surface area contributed by atoms with Gasteiger partial charge in [0, 0.05) is 17.5 Å². The van der Waals surface area contributed by atoms with Crippen LogP contribution in [0.25, 0.3) is 0 Å². The standard InChI is InChI=1S/C18H26O3/c1-12(2)13-5-7-14(8-6-13)18(19)15-9-16(20-3)11-17(10-15)21-4/h9-14H,5-8H2,1-4H3. The molecule has 0 bridgehead atoms. The molecule has 116 valence electrons. The van der Waals surface area contributed by atoms with Gasteiger partial charge in [0.1, 0.15) is 11.5 Å². The molecule has 0 radical (unpaired) electrons. The van der Waals surface area contributed by atoms with E-state index in [9.17, 15) is 4.79 Å². The van der Waals surface area contributed by atoms with Crippen LogP contribution in [-0.2, 0) is 0 Å². The highest BCUT2D eigenvalue weighted by Gasteiger charge is 2.28. The van der Waals surface area contributed by atoms with Crippen molar-refractivity contribution in [2.75, 3.05) is 14.2 Å². The minimum atomic E-state index is 0.150. The van der Waals surface area contributed by atoms with E-state index in [1.54, 1.807) is 20.3 Å². The van der Waals surface area contributed by atoms with E-state index >= 15 is 0 Å². The largest absolute Gasteiger partial charge is 0.497 e. The van der Waals surface area contributed by atoms with Gasteiger partial charge in [0.25, 0.3) is 0 Å². The fraction of sp³-hybridized carbons (Fsp3) is 0.611. The van der Waals surface area contributed by atoms with Crippen LogP contribution in [0.1, 0.15) is 49.9 Å². The first kappa shape index (κ1) is 15.9. The van der Waals surface area contributed by atoms with Crippen molar-refractivity contribution in [1.29, 1.82) is 0 Å². The van der Waals surface area contributed by atoms with Crippen molar-refractivity contribution in [3.05, 3.63) is 23.8 Å². The normalized spacial score (nSPS) is 22.1. The van der Waals surface area contributed by atoms with Crippen LogP contribution in [0, 0.1) is 17.8 Å². The monoisotopic (exact) mass is 290 g/mol. The minimum absolute atomic E-state index is 0.150. The summed E-state index contributed by atoms with van der Waals surface area (Å²) in [6.45, 7) is 4.56. The molecule has 0 N–H and O–H groups in total. The second-order valence-corrected chi connectivity index (χ2v) is 6.32. The lowest BCUT2D eigenvalue weighted by Crippen LogP contribution is -2.24. The zero-order valence-electron chi connectivity index (χ0n) is 13.5. The van der Waals surface area contributed by atoms with Crippen molar-refractivity contribution >= 4 is 5.78 Å². The molecule has 1 aromatic rings. The van der Waals surface area contributed by atoms with Crippen LogP contribution in [0.3, 0.4) is 0 Å². The summed E-state index contributed by atoms with van der Waals surface area (Å²) in [5.41, 5.74) is 0.708. The summed E-state index contributed by atoms with van der Waals surface area (Å²) in [4.78, 5) is 12.7. The first-order valence-corrected chi connectivity index (χ1v) is 7.82. The highest BCUT2D eigenvalue weighted by molar-refractivity contribution is 5.98. The van der Waals surface area contributed by atoms with Gasteiger partial charge in [0.2, 0.25) is 0 Å². The van der Waals surface area contributed by atoms with Crippen LogP contribution < -0.4 is 9.47 Å². The van der Waals surface area contributed by atoms with Gasteiger partial charge in [0.15, 0.2) is 5.78 Å². The summed E-state index contributed by atoms with van der Waals surface area (Å²) in [7, 11) is 3.22. The highest BCUT2D eigenvalue weighted by Crippen LogP contribution is 2.35. The zero-order valence-corrected chi connectivity index (χ0v) is 13.5. The van der Waals surface area contributed by atoms with Gasteiger partial charge in [-0.3, -0.25) is 4.79 Å². The molecule has 0 spiro atoms. The molecule has 3 heteroatoms. The Balaban J connectivity index is 2.10. The fourth-order valence-corrected chi connectivity index (χ4v) is 3.23. The Kier molecular flexibility index (Phi) is 5.27. The number of Topliss-reactive ketones (excluding diaryl/α,β-unsaturated/α-hetero) is 1. The van der Waals surface area contributed by atoms with Crippen molar-refractivity contribution in [2.45, 2.75) is 39.5 Å². The highest BCUT2D eigenvalue weighted by atomic mass is 16.5. The first-order chi connectivity index (χ1) is 10.0. The van der Waals surface area contributed by atoms with E-state index in [0.29, 0.717) is 17.1 Å². The first-order valence-electron chi connectivity index (χ1n) is 7.82. The summed E-state index contributed by atoms with van der Waals surface area (Å²) in [5.74, 6) is 3.22. The Morgan fingerprint density at radius 1 is 1.00 bits per heavy atom. The molecule has 0 aromatic heterocycles. The van der Waals surface area contributed by atoms with Crippen molar-refractivity contribution < 1.29 is 14.3 Å². The molecule has 0 atom stereocenters. The van der Waals surface area contributed by atoms with Crippen molar-refractivity contribution in [3.63, 3.8) is 0 Å². The van der Waals surface area contributed by atoms with Gasteiger partial charge in [-0.15, -0.1) is 0 Å². The molecule has 2 rings (SSSR count). The lowest BCUT2D eigenvalue weighted by Gasteiger charge is -2.30. The van der Waals surface area contributed by atoms with Crippen LogP contribution >= 0.6 is 0 Å². The van der Waals surface area contributed by atoms with Crippen molar-refractivity contribution in [2.24, 2.45) is 17.8 Å². The topological polar surface area (TPSA) is 35.5 Å². The fourth-order valence-electron chi connectivity index (χ4n) is 3.23. The average Bonchev–Trinajstić information content (AvgIpc) is 2.53. The summed E-state index contributed by atoms with van der Waals surface area (Å²) in [6, 6.07) is 5.44. The van der Waals surface area contributed by atoms with Crippen LogP contribution in [-0.4, -0.2) is 20.0 Å². The maximum absolute atomic E-state index is 12.7. The predicted octanol–water partition coefficient (Wildman–Crippen LogP) is 4.35. The number of carbonyl (C=O) groups is 1. The number of ketones is 1. The second-order valence-electron chi connectivity index (χ2n) is 6.32. The van der Waals surface area contributed by atoms with Crippen LogP contribution in [0.2, 0.25) is 0 Å². The molecule has 0 saturated heterocycles. The summed E-state index contributed by atoms with van der Waals surface area (Å²) >= 11 is 0. The van der Waals surface area contributed by atoms with Crippen LogP contribution in [0.4, 0.5) is 0 Å². The summed E-state index contributed by atoms with van der Waals surface area (Å²) in [6.07, 6.45) is 4.33. The Morgan fingerprint density at radius 3 is 1.95 bits per heavy atom. The third-order valence-corrected chi connectivity index (χ3v) is 4.72. The second kappa shape index (κ2) is 6.97. The van der Waals surface area contributed by atoms with Gasteiger partial charge in [-0.05, 0) is 49.7 Å². The van der Waals surface area contributed by atoms with Gasteiger partial charge in [0.05, 0.1) is 14.2 Å². The molecule has 1 saturated carbocycles. The van der Waals surface area contributed by atoms with E-state index in [1.165, 1.54) is 0 Å². The Hall–Kier alpha value is -1.51.